The fourth-order valence-electron chi connectivity index (χ4n) is 2.24. The lowest BCUT2D eigenvalue weighted by Gasteiger charge is -2.12. The molecule has 0 amide bonds. The van der Waals surface area contributed by atoms with E-state index in [-0.39, 0.29) is 24.0 Å². The third-order valence-electron chi connectivity index (χ3n) is 3.47. The van der Waals surface area contributed by atoms with E-state index in [9.17, 15) is 0 Å². The first kappa shape index (κ1) is 22.9. The summed E-state index contributed by atoms with van der Waals surface area (Å²) in [6.45, 7) is 7.92. The second-order valence-corrected chi connectivity index (χ2v) is 6.90. The van der Waals surface area contributed by atoms with Crippen molar-refractivity contribution in [1.29, 1.82) is 0 Å². The first-order chi connectivity index (χ1) is 12.3. The lowest BCUT2D eigenvalue weighted by atomic mass is 10.3. The summed E-state index contributed by atoms with van der Waals surface area (Å²) in [5.74, 6) is 1.80. The largest absolute Gasteiger partial charge is 0.469 e. The van der Waals surface area contributed by atoms with Crippen molar-refractivity contribution in [2.24, 2.45) is 4.99 Å². The van der Waals surface area contributed by atoms with Crippen molar-refractivity contribution in [3.8, 4) is 0 Å². The van der Waals surface area contributed by atoms with Crippen LogP contribution in [-0.4, -0.2) is 43.8 Å². The van der Waals surface area contributed by atoms with Crippen molar-refractivity contribution in [3.05, 3.63) is 40.2 Å². The first-order valence-electron chi connectivity index (χ1n) is 8.81. The molecule has 0 atom stereocenters. The number of aliphatic imine (C=N–C) groups is 1. The van der Waals surface area contributed by atoms with Gasteiger partial charge in [0.25, 0.3) is 0 Å². The van der Waals surface area contributed by atoms with Gasteiger partial charge in [0, 0.05) is 56.8 Å². The quantitative estimate of drug-likeness (QED) is 0.218. The highest BCUT2D eigenvalue weighted by molar-refractivity contribution is 14.0. The van der Waals surface area contributed by atoms with Crippen LogP contribution in [0.15, 0.2) is 34.0 Å². The van der Waals surface area contributed by atoms with Gasteiger partial charge in [0.15, 0.2) is 5.96 Å². The molecule has 146 valence electrons. The van der Waals surface area contributed by atoms with Gasteiger partial charge in [-0.25, -0.2) is 4.98 Å². The van der Waals surface area contributed by atoms with E-state index in [1.54, 1.807) is 17.6 Å². The maximum Gasteiger partial charge on any atom is 0.191 e. The van der Waals surface area contributed by atoms with E-state index in [0.717, 1.165) is 68.8 Å². The number of rotatable bonds is 11. The molecule has 0 aliphatic carbocycles. The van der Waals surface area contributed by atoms with E-state index in [2.05, 4.69) is 27.5 Å². The number of guanidine groups is 1. The molecule has 2 aromatic heterocycles. The molecular formula is C18H29IN4O2S. The Hall–Kier alpha value is -1.13. The maximum absolute atomic E-state index is 5.36. The molecule has 2 rings (SSSR count). The number of aryl methyl sites for hydroxylation is 1. The molecule has 0 radical (unpaired) electrons. The number of furan rings is 1. The number of nitrogens with zero attached hydrogens (tertiary/aromatic N) is 2. The molecule has 0 unspecified atom stereocenters. The van der Waals surface area contributed by atoms with Crippen LogP contribution in [0.1, 0.15) is 29.0 Å². The molecular weight excluding hydrogens is 463 g/mol. The molecule has 8 heteroatoms. The van der Waals surface area contributed by atoms with E-state index >= 15 is 0 Å². The topological polar surface area (TPSA) is 71.7 Å². The van der Waals surface area contributed by atoms with Crippen LogP contribution in [0.2, 0.25) is 0 Å². The highest BCUT2D eigenvalue weighted by atomic mass is 127. The van der Waals surface area contributed by atoms with Crippen LogP contribution in [0.3, 0.4) is 0 Å². The molecule has 2 heterocycles. The lowest BCUT2D eigenvalue weighted by molar-refractivity contribution is 0.146. The highest BCUT2D eigenvalue weighted by Crippen LogP contribution is 2.10. The van der Waals surface area contributed by atoms with Gasteiger partial charge in [-0.2, -0.15) is 0 Å². The zero-order valence-electron chi connectivity index (χ0n) is 15.5. The Morgan fingerprint density at radius 2 is 2.12 bits per heavy atom. The van der Waals surface area contributed by atoms with E-state index in [4.69, 9.17) is 9.15 Å². The van der Waals surface area contributed by atoms with Gasteiger partial charge >= 0.3 is 0 Å². The number of hydrogen-bond donors (Lipinski definition) is 2. The van der Waals surface area contributed by atoms with Crippen molar-refractivity contribution in [2.75, 3.05) is 32.8 Å². The normalized spacial score (nSPS) is 11.2. The molecule has 0 spiro atoms. The minimum atomic E-state index is 0. The number of halogens is 1. The van der Waals surface area contributed by atoms with Gasteiger partial charge in [0.05, 0.1) is 11.3 Å². The summed E-state index contributed by atoms with van der Waals surface area (Å²) in [5.41, 5.74) is 0. The highest BCUT2D eigenvalue weighted by Gasteiger charge is 2.02. The lowest BCUT2D eigenvalue weighted by Crippen LogP contribution is -2.39. The van der Waals surface area contributed by atoms with Gasteiger partial charge in [-0.15, -0.1) is 35.3 Å². The molecule has 0 aromatic carbocycles. The summed E-state index contributed by atoms with van der Waals surface area (Å²) in [6, 6.07) is 3.89. The summed E-state index contributed by atoms with van der Waals surface area (Å²) < 4.78 is 10.7. The Balaban J connectivity index is 0.00000338. The van der Waals surface area contributed by atoms with Crippen molar-refractivity contribution >= 4 is 41.3 Å². The number of nitrogens with one attached hydrogen (secondary N) is 2. The molecule has 0 bridgehead atoms. The fourth-order valence-corrected chi connectivity index (χ4v) is 3.03. The predicted molar refractivity (Wildman–Crippen MR) is 118 cm³/mol. The second-order valence-electron chi connectivity index (χ2n) is 5.58. The fraction of sp³-hybridized carbons (Fsp3) is 0.556. The van der Waals surface area contributed by atoms with Crippen molar-refractivity contribution in [2.45, 2.75) is 33.1 Å². The molecule has 0 aliphatic rings. The SMILES string of the molecule is CCOCCCN=C(NCCc1ccco1)NCCc1ncc(C)s1.I. The van der Waals surface area contributed by atoms with Crippen molar-refractivity contribution in [1.82, 2.24) is 15.6 Å². The number of thiazole rings is 1. The number of aromatic nitrogens is 1. The zero-order chi connectivity index (χ0) is 17.7. The summed E-state index contributed by atoms with van der Waals surface area (Å²) >= 11 is 1.74. The molecule has 2 N–H and O–H groups in total. The third kappa shape index (κ3) is 9.54. The number of hydrogen-bond acceptors (Lipinski definition) is 5. The average Bonchev–Trinajstić information content (AvgIpc) is 3.26. The Morgan fingerprint density at radius 1 is 1.31 bits per heavy atom. The average molecular weight is 492 g/mol. The summed E-state index contributed by atoms with van der Waals surface area (Å²) in [6.07, 6.45) is 6.27. The number of ether oxygens (including phenoxy) is 1. The summed E-state index contributed by atoms with van der Waals surface area (Å²) in [5, 5.41) is 7.89. The van der Waals surface area contributed by atoms with E-state index in [1.165, 1.54) is 4.88 Å². The summed E-state index contributed by atoms with van der Waals surface area (Å²) in [7, 11) is 0. The van der Waals surface area contributed by atoms with Crippen LogP contribution in [0.5, 0.6) is 0 Å². The minimum absolute atomic E-state index is 0. The zero-order valence-corrected chi connectivity index (χ0v) is 18.6. The molecule has 0 saturated heterocycles. The first-order valence-corrected chi connectivity index (χ1v) is 9.63. The van der Waals surface area contributed by atoms with Gasteiger partial charge in [0.2, 0.25) is 0 Å². The van der Waals surface area contributed by atoms with Gasteiger partial charge < -0.3 is 19.8 Å². The summed E-state index contributed by atoms with van der Waals surface area (Å²) in [4.78, 5) is 10.3. The van der Waals surface area contributed by atoms with Gasteiger partial charge in [-0.05, 0) is 32.4 Å². The Morgan fingerprint density at radius 3 is 2.77 bits per heavy atom. The van der Waals surface area contributed by atoms with E-state index < -0.39 is 0 Å². The monoisotopic (exact) mass is 492 g/mol. The Kier molecular flexibility index (Phi) is 12.3. The molecule has 2 aromatic rings. The Bertz CT molecular complexity index is 616. The molecule has 0 fully saturated rings. The minimum Gasteiger partial charge on any atom is -0.469 e. The molecule has 26 heavy (non-hydrogen) atoms. The van der Waals surface area contributed by atoms with Crippen molar-refractivity contribution < 1.29 is 9.15 Å². The van der Waals surface area contributed by atoms with Crippen LogP contribution in [-0.2, 0) is 17.6 Å². The van der Waals surface area contributed by atoms with Crippen LogP contribution in [0, 0.1) is 6.92 Å². The molecule has 0 saturated carbocycles. The van der Waals surface area contributed by atoms with Gasteiger partial charge in [0.1, 0.15) is 5.76 Å². The van der Waals surface area contributed by atoms with Crippen molar-refractivity contribution in [3.63, 3.8) is 0 Å². The van der Waals surface area contributed by atoms with Crippen LogP contribution in [0.4, 0.5) is 0 Å². The van der Waals surface area contributed by atoms with Gasteiger partial charge in [-0.3, -0.25) is 4.99 Å². The van der Waals surface area contributed by atoms with E-state index in [0.29, 0.717) is 0 Å². The van der Waals surface area contributed by atoms with Crippen LogP contribution < -0.4 is 10.6 Å². The van der Waals surface area contributed by atoms with Crippen LogP contribution in [0.25, 0.3) is 0 Å². The predicted octanol–water partition coefficient (Wildman–Crippen LogP) is 3.41. The molecule has 0 aliphatic heterocycles. The maximum atomic E-state index is 5.36. The Labute approximate surface area is 176 Å². The second kappa shape index (κ2) is 14.0. The standard InChI is InChI=1S/C18H28N4O2S.HI/c1-3-23-12-5-9-19-18(20-10-7-16-6-4-13-24-16)21-11-8-17-22-14-15(2)25-17;/h4,6,13-14H,3,5,7-12H2,1-2H3,(H2,19,20,21);1H. The smallest absolute Gasteiger partial charge is 0.191 e. The van der Waals surface area contributed by atoms with Gasteiger partial charge in [-0.1, -0.05) is 0 Å². The van der Waals surface area contributed by atoms with Crippen LogP contribution >= 0.6 is 35.3 Å². The third-order valence-corrected chi connectivity index (χ3v) is 4.44. The molecule has 6 nitrogen and oxygen atoms in total. The van der Waals surface area contributed by atoms with E-state index in [1.807, 2.05) is 25.3 Å².